The second kappa shape index (κ2) is 10.9. The molecule has 0 saturated carbocycles. The maximum atomic E-state index is 10.4. The first-order chi connectivity index (χ1) is 13.0. The molecule has 0 amide bonds. The third-order valence-electron chi connectivity index (χ3n) is 4.43. The summed E-state index contributed by atoms with van der Waals surface area (Å²) in [6, 6.07) is 16.2. The van der Waals surface area contributed by atoms with E-state index in [9.17, 15) is 5.11 Å². The average Bonchev–Trinajstić information content (AvgIpc) is 2.68. The van der Waals surface area contributed by atoms with Gasteiger partial charge in [-0.1, -0.05) is 36.4 Å². The lowest BCUT2D eigenvalue weighted by Crippen LogP contribution is -2.38. The van der Waals surface area contributed by atoms with Gasteiger partial charge in [0.2, 0.25) is 0 Å². The van der Waals surface area contributed by atoms with Crippen molar-refractivity contribution in [2.45, 2.75) is 39.1 Å². The molecule has 5 heteroatoms. The first kappa shape index (κ1) is 21.2. The molecule has 5 nitrogen and oxygen atoms in total. The highest BCUT2D eigenvalue weighted by Crippen LogP contribution is 2.28. The van der Waals surface area contributed by atoms with Gasteiger partial charge in [0, 0.05) is 19.1 Å². The summed E-state index contributed by atoms with van der Waals surface area (Å²) in [5.41, 5.74) is 2.22. The molecule has 0 aliphatic heterocycles. The van der Waals surface area contributed by atoms with Crippen LogP contribution in [0.2, 0.25) is 0 Å². The largest absolute Gasteiger partial charge is 0.493 e. The quantitative estimate of drug-likeness (QED) is 0.653. The molecule has 27 heavy (non-hydrogen) atoms. The molecule has 0 aliphatic carbocycles. The lowest BCUT2D eigenvalue weighted by Gasteiger charge is -2.29. The van der Waals surface area contributed by atoms with E-state index < -0.39 is 6.10 Å². The van der Waals surface area contributed by atoms with Crippen molar-refractivity contribution in [2.24, 2.45) is 0 Å². The van der Waals surface area contributed by atoms with Gasteiger partial charge in [-0.3, -0.25) is 4.90 Å². The van der Waals surface area contributed by atoms with Crippen LogP contribution < -0.4 is 9.47 Å². The highest BCUT2D eigenvalue weighted by atomic mass is 16.5. The molecule has 2 rings (SSSR count). The standard InChI is InChI=1S/C22H31NO4/c1-17(2)23(13-19-10-11-21(25-3)22(12-19)26-4)14-20(24)16-27-15-18-8-6-5-7-9-18/h5-12,17,20,24H,13-16H2,1-4H3. The Labute approximate surface area is 162 Å². The van der Waals surface area contributed by atoms with Gasteiger partial charge >= 0.3 is 0 Å². The highest BCUT2D eigenvalue weighted by molar-refractivity contribution is 5.42. The molecule has 0 spiro atoms. The van der Waals surface area contributed by atoms with Gasteiger partial charge in [-0.2, -0.15) is 0 Å². The number of rotatable bonds is 11. The molecule has 2 aromatic carbocycles. The van der Waals surface area contributed by atoms with E-state index in [1.165, 1.54) is 0 Å². The molecule has 1 atom stereocenters. The minimum Gasteiger partial charge on any atom is -0.493 e. The molecule has 0 heterocycles. The van der Waals surface area contributed by atoms with Crippen LogP contribution in [0.1, 0.15) is 25.0 Å². The van der Waals surface area contributed by atoms with Crippen molar-refractivity contribution in [3.63, 3.8) is 0 Å². The van der Waals surface area contributed by atoms with Crippen molar-refractivity contribution < 1.29 is 19.3 Å². The van der Waals surface area contributed by atoms with Crippen LogP contribution in [0.3, 0.4) is 0 Å². The Morgan fingerprint density at radius 3 is 2.26 bits per heavy atom. The summed E-state index contributed by atoms with van der Waals surface area (Å²) in [5, 5.41) is 10.4. The molecule has 0 radical (unpaired) electrons. The zero-order valence-electron chi connectivity index (χ0n) is 16.7. The molecule has 1 N–H and O–H groups in total. The van der Waals surface area contributed by atoms with Gasteiger partial charge in [0.1, 0.15) is 0 Å². The van der Waals surface area contributed by atoms with E-state index in [-0.39, 0.29) is 0 Å². The molecular formula is C22H31NO4. The Kier molecular flexibility index (Phi) is 8.58. The molecule has 1 unspecified atom stereocenters. The van der Waals surface area contributed by atoms with Gasteiger partial charge in [-0.15, -0.1) is 0 Å². The Hall–Kier alpha value is -2.08. The number of ether oxygens (including phenoxy) is 3. The van der Waals surface area contributed by atoms with Gasteiger partial charge in [-0.25, -0.2) is 0 Å². The van der Waals surface area contributed by atoms with E-state index in [2.05, 4.69) is 18.7 Å². The average molecular weight is 373 g/mol. The van der Waals surface area contributed by atoms with Crippen molar-refractivity contribution in [3.05, 3.63) is 59.7 Å². The van der Waals surface area contributed by atoms with Crippen molar-refractivity contribution in [3.8, 4) is 11.5 Å². The fourth-order valence-corrected chi connectivity index (χ4v) is 2.88. The molecule has 148 valence electrons. The predicted octanol–water partition coefficient (Wildman–Crippen LogP) is 3.49. The Bertz CT molecular complexity index is 675. The molecule has 0 aromatic heterocycles. The van der Waals surface area contributed by atoms with Gasteiger partial charge in [0.15, 0.2) is 11.5 Å². The Morgan fingerprint density at radius 1 is 0.926 bits per heavy atom. The maximum Gasteiger partial charge on any atom is 0.161 e. The van der Waals surface area contributed by atoms with E-state index in [1.54, 1.807) is 14.2 Å². The van der Waals surface area contributed by atoms with Crippen LogP contribution >= 0.6 is 0 Å². The van der Waals surface area contributed by atoms with Crippen LogP contribution in [-0.2, 0) is 17.9 Å². The van der Waals surface area contributed by atoms with Crippen molar-refractivity contribution >= 4 is 0 Å². The fraction of sp³-hybridized carbons (Fsp3) is 0.455. The highest BCUT2D eigenvalue weighted by Gasteiger charge is 2.16. The number of hydrogen-bond acceptors (Lipinski definition) is 5. The third kappa shape index (κ3) is 6.86. The summed E-state index contributed by atoms with van der Waals surface area (Å²) in [6.07, 6.45) is -0.545. The lowest BCUT2D eigenvalue weighted by atomic mass is 10.1. The number of aliphatic hydroxyl groups excluding tert-OH is 1. The number of benzene rings is 2. The minimum atomic E-state index is -0.545. The summed E-state index contributed by atoms with van der Waals surface area (Å²) in [5.74, 6) is 1.43. The SMILES string of the molecule is COc1ccc(CN(CC(O)COCc2ccccc2)C(C)C)cc1OC. The van der Waals surface area contributed by atoms with Crippen molar-refractivity contribution in [2.75, 3.05) is 27.4 Å². The van der Waals surface area contributed by atoms with Crippen LogP contribution in [0.15, 0.2) is 48.5 Å². The van der Waals surface area contributed by atoms with Crippen LogP contribution in [-0.4, -0.2) is 49.5 Å². The Morgan fingerprint density at radius 2 is 1.63 bits per heavy atom. The molecule has 2 aromatic rings. The molecule has 0 bridgehead atoms. The minimum absolute atomic E-state index is 0.293. The van der Waals surface area contributed by atoms with Crippen LogP contribution in [0.5, 0.6) is 11.5 Å². The third-order valence-corrected chi connectivity index (χ3v) is 4.43. The predicted molar refractivity (Wildman–Crippen MR) is 107 cm³/mol. The Balaban J connectivity index is 1.89. The second-order valence-corrected chi connectivity index (χ2v) is 6.87. The number of hydrogen-bond donors (Lipinski definition) is 1. The number of methoxy groups -OCH3 is 2. The van der Waals surface area contributed by atoms with E-state index in [1.807, 2.05) is 48.5 Å². The smallest absolute Gasteiger partial charge is 0.161 e. The van der Waals surface area contributed by atoms with Gasteiger partial charge in [0.25, 0.3) is 0 Å². The topological polar surface area (TPSA) is 51.2 Å². The molecular weight excluding hydrogens is 342 g/mol. The van der Waals surface area contributed by atoms with Crippen LogP contribution in [0, 0.1) is 0 Å². The summed E-state index contributed by atoms with van der Waals surface area (Å²) < 4.78 is 16.3. The molecule has 0 fully saturated rings. The maximum absolute atomic E-state index is 10.4. The van der Waals surface area contributed by atoms with Crippen LogP contribution in [0.4, 0.5) is 0 Å². The fourth-order valence-electron chi connectivity index (χ4n) is 2.88. The summed E-state index contributed by atoms with van der Waals surface area (Å²) in [6.45, 7) is 6.32. The summed E-state index contributed by atoms with van der Waals surface area (Å²) in [4.78, 5) is 2.22. The van der Waals surface area contributed by atoms with Crippen molar-refractivity contribution in [1.29, 1.82) is 0 Å². The van der Waals surface area contributed by atoms with E-state index >= 15 is 0 Å². The zero-order chi connectivity index (χ0) is 19.6. The van der Waals surface area contributed by atoms with Gasteiger partial charge < -0.3 is 19.3 Å². The molecule has 0 aliphatic rings. The monoisotopic (exact) mass is 373 g/mol. The van der Waals surface area contributed by atoms with Gasteiger partial charge in [-0.05, 0) is 37.1 Å². The number of nitrogens with zero attached hydrogens (tertiary/aromatic N) is 1. The molecule has 0 saturated heterocycles. The van der Waals surface area contributed by atoms with E-state index in [4.69, 9.17) is 14.2 Å². The first-order valence-electron chi connectivity index (χ1n) is 9.28. The van der Waals surface area contributed by atoms with Gasteiger partial charge in [0.05, 0.1) is 33.5 Å². The summed E-state index contributed by atoms with van der Waals surface area (Å²) >= 11 is 0. The zero-order valence-corrected chi connectivity index (χ0v) is 16.7. The summed E-state index contributed by atoms with van der Waals surface area (Å²) in [7, 11) is 3.26. The number of aliphatic hydroxyl groups is 1. The van der Waals surface area contributed by atoms with E-state index in [0.29, 0.717) is 43.8 Å². The van der Waals surface area contributed by atoms with Crippen molar-refractivity contribution in [1.82, 2.24) is 4.90 Å². The normalized spacial score (nSPS) is 12.4. The first-order valence-corrected chi connectivity index (χ1v) is 9.28. The van der Waals surface area contributed by atoms with Crippen LogP contribution in [0.25, 0.3) is 0 Å². The van der Waals surface area contributed by atoms with E-state index in [0.717, 1.165) is 11.1 Å². The second-order valence-electron chi connectivity index (χ2n) is 6.87. The lowest BCUT2D eigenvalue weighted by molar-refractivity contribution is 0.00313.